The van der Waals surface area contributed by atoms with Crippen molar-refractivity contribution in [2.24, 2.45) is 0 Å². The molecular formula is C18H19NO3S. The minimum atomic E-state index is -1.01. The van der Waals surface area contributed by atoms with Crippen LogP contribution in [0.5, 0.6) is 0 Å². The standard InChI is InChI=1S/C18H19NO3S/c1-12-8-9-15(18(21)22)10-16(12)19-17(20)13(2)23-11-14-6-4-3-5-7-14/h3-10,13H,11H2,1-2H3,(H,19,20)(H,21,22)/t13-/m1/s1. The Morgan fingerprint density at radius 1 is 1.17 bits per heavy atom. The molecule has 2 aromatic rings. The molecule has 0 saturated carbocycles. The number of carboxylic acids is 1. The largest absolute Gasteiger partial charge is 0.478 e. The molecule has 0 heterocycles. The van der Waals surface area contributed by atoms with Crippen molar-refractivity contribution in [3.05, 3.63) is 65.2 Å². The Bertz CT molecular complexity index is 701. The zero-order valence-corrected chi connectivity index (χ0v) is 13.9. The molecule has 120 valence electrons. The summed E-state index contributed by atoms with van der Waals surface area (Å²) in [6, 6.07) is 14.7. The molecule has 0 saturated heterocycles. The van der Waals surface area contributed by atoms with E-state index in [9.17, 15) is 9.59 Å². The zero-order chi connectivity index (χ0) is 16.8. The highest BCUT2D eigenvalue weighted by Gasteiger charge is 2.15. The molecule has 4 nitrogen and oxygen atoms in total. The van der Waals surface area contributed by atoms with Gasteiger partial charge in [-0.05, 0) is 37.1 Å². The van der Waals surface area contributed by atoms with E-state index in [1.165, 1.54) is 17.7 Å². The average molecular weight is 329 g/mol. The van der Waals surface area contributed by atoms with Gasteiger partial charge in [-0.2, -0.15) is 0 Å². The van der Waals surface area contributed by atoms with Gasteiger partial charge in [-0.25, -0.2) is 4.79 Å². The molecule has 0 radical (unpaired) electrons. The smallest absolute Gasteiger partial charge is 0.335 e. The SMILES string of the molecule is Cc1ccc(C(=O)O)cc1NC(=O)[C@@H](C)SCc1ccccc1. The zero-order valence-electron chi connectivity index (χ0n) is 13.1. The van der Waals surface area contributed by atoms with Crippen molar-refractivity contribution in [1.29, 1.82) is 0 Å². The second-order valence-electron chi connectivity index (χ2n) is 5.26. The lowest BCUT2D eigenvalue weighted by Crippen LogP contribution is -2.23. The molecule has 1 amide bonds. The Morgan fingerprint density at radius 2 is 1.87 bits per heavy atom. The third-order valence-electron chi connectivity index (χ3n) is 3.45. The van der Waals surface area contributed by atoms with Crippen molar-refractivity contribution in [1.82, 2.24) is 0 Å². The number of rotatable bonds is 6. The lowest BCUT2D eigenvalue weighted by atomic mass is 10.1. The van der Waals surface area contributed by atoms with E-state index in [1.54, 1.807) is 17.8 Å². The van der Waals surface area contributed by atoms with Crippen LogP contribution in [0.15, 0.2) is 48.5 Å². The van der Waals surface area contributed by atoms with Crippen LogP contribution in [0.25, 0.3) is 0 Å². The molecule has 0 fully saturated rings. The Labute approximate surface area is 139 Å². The number of carboxylic acid groups (broad SMARTS) is 1. The Kier molecular flexibility index (Phi) is 5.82. The second kappa shape index (κ2) is 7.83. The number of carbonyl (C=O) groups is 2. The van der Waals surface area contributed by atoms with Gasteiger partial charge in [-0.1, -0.05) is 36.4 Å². The van der Waals surface area contributed by atoms with Crippen LogP contribution in [0.2, 0.25) is 0 Å². The lowest BCUT2D eigenvalue weighted by molar-refractivity contribution is -0.115. The van der Waals surface area contributed by atoms with E-state index in [2.05, 4.69) is 5.32 Å². The quantitative estimate of drug-likeness (QED) is 0.842. The van der Waals surface area contributed by atoms with Gasteiger partial charge in [0.1, 0.15) is 0 Å². The molecule has 0 aliphatic carbocycles. The molecule has 2 N–H and O–H groups in total. The fraction of sp³-hybridized carbons (Fsp3) is 0.222. The molecule has 23 heavy (non-hydrogen) atoms. The molecule has 0 aromatic heterocycles. The monoisotopic (exact) mass is 329 g/mol. The van der Waals surface area contributed by atoms with Crippen LogP contribution in [0.1, 0.15) is 28.4 Å². The van der Waals surface area contributed by atoms with Crippen LogP contribution in [0, 0.1) is 6.92 Å². The first-order chi connectivity index (χ1) is 11.0. The van der Waals surface area contributed by atoms with E-state index in [0.717, 1.165) is 11.3 Å². The van der Waals surface area contributed by atoms with Gasteiger partial charge < -0.3 is 10.4 Å². The number of benzene rings is 2. The summed E-state index contributed by atoms with van der Waals surface area (Å²) in [7, 11) is 0. The molecule has 0 aliphatic heterocycles. The van der Waals surface area contributed by atoms with Crippen LogP contribution in [0.3, 0.4) is 0 Å². The molecule has 5 heteroatoms. The van der Waals surface area contributed by atoms with E-state index in [-0.39, 0.29) is 16.7 Å². The van der Waals surface area contributed by atoms with Crippen LogP contribution in [-0.2, 0) is 10.5 Å². The van der Waals surface area contributed by atoms with Crippen molar-refractivity contribution in [2.45, 2.75) is 24.9 Å². The number of carbonyl (C=O) groups excluding carboxylic acids is 1. The number of thioether (sulfide) groups is 1. The maximum absolute atomic E-state index is 12.3. The topological polar surface area (TPSA) is 66.4 Å². The summed E-state index contributed by atoms with van der Waals surface area (Å²) >= 11 is 1.54. The predicted molar refractivity (Wildman–Crippen MR) is 94.0 cm³/mol. The van der Waals surface area contributed by atoms with E-state index in [4.69, 9.17) is 5.11 Å². The van der Waals surface area contributed by atoms with Gasteiger partial charge in [0, 0.05) is 11.4 Å². The highest BCUT2D eigenvalue weighted by Crippen LogP contribution is 2.21. The average Bonchev–Trinajstić information content (AvgIpc) is 2.55. The summed E-state index contributed by atoms with van der Waals surface area (Å²) in [6.07, 6.45) is 0. The van der Waals surface area contributed by atoms with Gasteiger partial charge in [0.15, 0.2) is 0 Å². The summed E-state index contributed by atoms with van der Waals surface area (Å²) in [5.74, 6) is -0.382. The Morgan fingerprint density at radius 3 is 2.52 bits per heavy atom. The van der Waals surface area contributed by atoms with Crippen LogP contribution >= 0.6 is 11.8 Å². The van der Waals surface area contributed by atoms with Crippen molar-refractivity contribution in [3.63, 3.8) is 0 Å². The predicted octanol–water partition coefficient (Wildman–Crippen LogP) is 3.95. The number of aromatic carboxylic acids is 1. The van der Waals surface area contributed by atoms with Gasteiger partial charge in [0.05, 0.1) is 10.8 Å². The first-order valence-electron chi connectivity index (χ1n) is 7.27. The summed E-state index contributed by atoms with van der Waals surface area (Å²) in [4.78, 5) is 23.3. The highest BCUT2D eigenvalue weighted by molar-refractivity contribution is 7.99. The molecule has 2 aromatic carbocycles. The molecule has 0 unspecified atom stereocenters. The third-order valence-corrected chi connectivity index (χ3v) is 4.67. The van der Waals surface area contributed by atoms with E-state index in [1.807, 2.05) is 44.2 Å². The number of nitrogens with one attached hydrogen (secondary N) is 1. The van der Waals surface area contributed by atoms with E-state index in [0.29, 0.717) is 5.69 Å². The summed E-state index contributed by atoms with van der Waals surface area (Å²) in [5.41, 5.74) is 2.71. The second-order valence-corrected chi connectivity index (χ2v) is 6.59. The van der Waals surface area contributed by atoms with Crippen LogP contribution in [-0.4, -0.2) is 22.2 Å². The number of aryl methyl sites for hydroxylation is 1. The Hall–Kier alpha value is -2.27. The van der Waals surface area contributed by atoms with Crippen LogP contribution in [0.4, 0.5) is 5.69 Å². The molecule has 0 aliphatic rings. The van der Waals surface area contributed by atoms with Gasteiger partial charge in [0.2, 0.25) is 5.91 Å². The molecule has 2 rings (SSSR count). The van der Waals surface area contributed by atoms with Gasteiger partial charge in [0.25, 0.3) is 0 Å². The van der Waals surface area contributed by atoms with Gasteiger partial charge in [-0.3, -0.25) is 4.79 Å². The van der Waals surface area contributed by atoms with Crippen molar-refractivity contribution in [3.8, 4) is 0 Å². The summed E-state index contributed by atoms with van der Waals surface area (Å²) in [5, 5.41) is 11.6. The number of hydrogen-bond donors (Lipinski definition) is 2. The first kappa shape index (κ1) is 17.1. The number of anilines is 1. The normalized spacial score (nSPS) is 11.7. The molecule has 1 atom stereocenters. The minimum Gasteiger partial charge on any atom is -0.478 e. The number of hydrogen-bond acceptors (Lipinski definition) is 3. The van der Waals surface area contributed by atoms with E-state index >= 15 is 0 Å². The van der Waals surface area contributed by atoms with Gasteiger partial charge in [-0.15, -0.1) is 11.8 Å². The lowest BCUT2D eigenvalue weighted by Gasteiger charge is -2.14. The molecule has 0 bridgehead atoms. The molecule has 0 spiro atoms. The fourth-order valence-electron chi connectivity index (χ4n) is 2.00. The number of amides is 1. The molecular weight excluding hydrogens is 310 g/mol. The summed E-state index contributed by atoms with van der Waals surface area (Å²) < 4.78 is 0. The van der Waals surface area contributed by atoms with Gasteiger partial charge >= 0.3 is 5.97 Å². The minimum absolute atomic E-state index is 0.128. The van der Waals surface area contributed by atoms with Crippen molar-refractivity contribution < 1.29 is 14.7 Å². The van der Waals surface area contributed by atoms with Crippen molar-refractivity contribution >= 4 is 29.3 Å². The van der Waals surface area contributed by atoms with E-state index < -0.39 is 5.97 Å². The Balaban J connectivity index is 1.98. The fourth-order valence-corrected chi connectivity index (χ4v) is 2.84. The first-order valence-corrected chi connectivity index (χ1v) is 8.32. The highest BCUT2D eigenvalue weighted by atomic mass is 32.2. The maximum atomic E-state index is 12.3. The summed E-state index contributed by atoms with van der Waals surface area (Å²) in [6.45, 7) is 3.68. The van der Waals surface area contributed by atoms with Crippen molar-refractivity contribution in [2.75, 3.05) is 5.32 Å². The third kappa shape index (κ3) is 4.86. The van der Waals surface area contributed by atoms with Crippen LogP contribution < -0.4 is 5.32 Å². The maximum Gasteiger partial charge on any atom is 0.335 e.